The lowest BCUT2D eigenvalue weighted by molar-refractivity contribution is 0.383. The first kappa shape index (κ1) is 19.4. The van der Waals surface area contributed by atoms with E-state index in [0.29, 0.717) is 37.7 Å². The zero-order valence-corrected chi connectivity index (χ0v) is 16.2. The summed E-state index contributed by atoms with van der Waals surface area (Å²) in [5.41, 5.74) is 1.40. The number of aromatic nitrogens is 2. The molecule has 1 aromatic heterocycles. The fourth-order valence-electron chi connectivity index (χ4n) is 3.18. The number of anilines is 1. The average molecular weight is 416 g/mol. The molecule has 0 saturated carbocycles. The SMILES string of the molecule is O=S(=O)(c1ccc(F)cc1)N1CCN(c2ccc(-c3ccc(F)cc3)nn2)CC1. The van der Waals surface area contributed by atoms with Crippen molar-refractivity contribution in [3.05, 3.63) is 72.3 Å². The van der Waals surface area contributed by atoms with Crippen LogP contribution in [-0.2, 0) is 10.0 Å². The Kier molecular flexibility index (Phi) is 5.25. The van der Waals surface area contributed by atoms with E-state index in [4.69, 9.17) is 0 Å². The van der Waals surface area contributed by atoms with Gasteiger partial charge in [0.05, 0.1) is 10.6 Å². The summed E-state index contributed by atoms with van der Waals surface area (Å²) in [5.74, 6) is -0.141. The predicted molar refractivity (Wildman–Crippen MR) is 105 cm³/mol. The van der Waals surface area contributed by atoms with E-state index in [-0.39, 0.29) is 10.7 Å². The summed E-state index contributed by atoms with van der Waals surface area (Å²) in [4.78, 5) is 2.04. The highest BCUT2D eigenvalue weighted by Gasteiger charge is 2.29. The summed E-state index contributed by atoms with van der Waals surface area (Å²) in [7, 11) is -3.66. The highest BCUT2D eigenvalue weighted by molar-refractivity contribution is 7.89. The van der Waals surface area contributed by atoms with Gasteiger partial charge in [0.25, 0.3) is 0 Å². The second kappa shape index (κ2) is 7.84. The van der Waals surface area contributed by atoms with Crippen molar-refractivity contribution in [3.8, 4) is 11.3 Å². The molecular formula is C20H18F2N4O2S. The molecule has 0 atom stereocenters. The van der Waals surface area contributed by atoms with Crippen LogP contribution in [0, 0.1) is 11.6 Å². The first-order chi connectivity index (χ1) is 13.9. The van der Waals surface area contributed by atoms with Gasteiger partial charge in [0.15, 0.2) is 5.82 Å². The van der Waals surface area contributed by atoms with E-state index in [9.17, 15) is 17.2 Å². The minimum Gasteiger partial charge on any atom is -0.352 e. The van der Waals surface area contributed by atoms with Crippen LogP contribution in [0.2, 0.25) is 0 Å². The van der Waals surface area contributed by atoms with Crippen LogP contribution < -0.4 is 4.90 Å². The number of benzene rings is 2. The molecule has 150 valence electrons. The largest absolute Gasteiger partial charge is 0.352 e. The maximum Gasteiger partial charge on any atom is 0.243 e. The lowest BCUT2D eigenvalue weighted by Crippen LogP contribution is -2.49. The van der Waals surface area contributed by atoms with Crippen molar-refractivity contribution in [2.75, 3.05) is 31.1 Å². The molecule has 2 aromatic carbocycles. The van der Waals surface area contributed by atoms with Crippen LogP contribution >= 0.6 is 0 Å². The van der Waals surface area contributed by atoms with Gasteiger partial charge < -0.3 is 4.90 Å². The zero-order valence-electron chi connectivity index (χ0n) is 15.4. The molecule has 0 aliphatic carbocycles. The third-order valence-electron chi connectivity index (χ3n) is 4.80. The van der Waals surface area contributed by atoms with E-state index in [1.165, 1.54) is 28.6 Å². The maximum absolute atomic E-state index is 13.1. The lowest BCUT2D eigenvalue weighted by Gasteiger charge is -2.34. The molecule has 1 saturated heterocycles. The van der Waals surface area contributed by atoms with Crippen LogP contribution in [0.5, 0.6) is 0 Å². The third-order valence-corrected chi connectivity index (χ3v) is 6.72. The Bertz CT molecular complexity index is 1080. The molecule has 3 aromatic rings. The quantitative estimate of drug-likeness (QED) is 0.654. The van der Waals surface area contributed by atoms with Crippen LogP contribution in [0.1, 0.15) is 0 Å². The summed E-state index contributed by atoms with van der Waals surface area (Å²) in [6.07, 6.45) is 0. The van der Waals surface area contributed by atoms with Crippen molar-refractivity contribution in [2.45, 2.75) is 4.90 Å². The van der Waals surface area contributed by atoms with Crippen LogP contribution in [0.4, 0.5) is 14.6 Å². The fourth-order valence-corrected chi connectivity index (χ4v) is 4.60. The number of sulfonamides is 1. The summed E-state index contributed by atoms with van der Waals surface area (Å²) in [6, 6.07) is 14.5. The van der Waals surface area contributed by atoms with Crippen LogP contribution in [-0.4, -0.2) is 49.1 Å². The first-order valence-electron chi connectivity index (χ1n) is 9.04. The van der Waals surface area contributed by atoms with Gasteiger partial charge in [0.1, 0.15) is 11.6 Å². The highest BCUT2D eigenvalue weighted by Crippen LogP contribution is 2.22. The van der Waals surface area contributed by atoms with Gasteiger partial charge in [0.2, 0.25) is 10.0 Å². The standard InChI is InChI=1S/C20H18F2N4O2S/c21-16-3-1-15(2-4-16)19-9-10-20(24-23-19)25-11-13-26(14-12-25)29(27,28)18-7-5-17(22)6-8-18/h1-10H,11-14H2. The Morgan fingerprint density at radius 2 is 1.31 bits per heavy atom. The molecule has 0 spiro atoms. The van der Waals surface area contributed by atoms with Crippen LogP contribution in [0.15, 0.2) is 65.6 Å². The molecule has 6 nitrogen and oxygen atoms in total. The van der Waals surface area contributed by atoms with E-state index in [1.54, 1.807) is 18.2 Å². The molecule has 2 heterocycles. The topological polar surface area (TPSA) is 66.4 Å². The molecule has 1 aliphatic heterocycles. The van der Waals surface area contributed by atoms with Crippen molar-refractivity contribution in [1.29, 1.82) is 0 Å². The number of halogens is 2. The highest BCUT2D eigenvalue weighted by atomic mass is 32.2. The Morgan fingerprint density at radius 1 is 0.724 bits per heavy atom. The van der Waals surface area contributed by atoms with Crippen molar-refractivity contribution in [1.82, 2.24) is 14.5 Å². The number of rotatable bonds is 4. The van der Waals surface area contributed by atoms with E-state index >= 15 is 0 Å². The number of hydrogen-bond acceptors (Lipinski definition) is 5. The molecule has 0 radical (unpaired) electrons. The molecule has 1 aliphatic rings. The Hall–Kier alpha value is -2.91. The van der Waals surface area contributed by atoms with E-state index < -0.39 is 15.8 Å². The van der Waals surface area contributed by atoms with Gasteiger partial charge in [-0.2, -0.15) is 4.31 Å². The Balaban J connectivity index is 1.43. The van der Waals surface area contributed by atoms with Crippen molar-refractivity contribution < 1.29 is 17.2 Å². The van der Waals surface area contributed by atoms with Crippen LogP contribution in [0.25, 0.3) is 11.3 Å². The van der Waals surface area contributed by atoms with Gasteiger partial charge in [-0.05, 0) is 60.7 Å². The normalized spacial score (nSPS) is 15.4. The molecule has 0 unspecified atom stereocenters. The van der Waals surface area contributed by atoms with E-state index in [1.807, 2.05) is 11.0 Å². The minimum atomic E-state index is -3.66. The zero-order chi connectivity index (χ0) is 20.4. The second-order valence-corrected chi connectivity index (χ2v) is 8.57. The van der Waals surface area contributed by atoms with Gasteiger partial charge in [-0.3, -0.25) is 0 Å². The van der Waals surface area contributed by atoms with Gasteiger partial charge in [0, 0.05) is 31.7 Å². The number of piperazine rings is 1. The molecule has 0 bridgehead atoms. The number of nitrogens with zero attached hydrogens (tertiary/aromatic N) is 4. The van der Waals surface area contributed by atoms with Crippen molar-refractivity contribution in [2.24, 2.45) is 0 Å². The van der Waals surface area contributed by atoms with Crippen molar-refractivity contribution >= 4 is 15.8 Å². The summed E-state index contributed by atoms with van der Waals surface area (Å²) in [6.45, 7) is 1.51. The molecular weight excluding hydrogens is 398 g/mol. The monoisotopic (exact) mass is 416 g/mol. The van der Waals surface area contributed by atoms with Gasteiger partial charge >= 0.3 is 0 Å². The van der Waals surface area contributed by atoms with Gasteiger partial charge in [-0.25, -0.2) is 17.2 Å². The average Bonchev–Trinajstić information content (AvgIpc) is 2.75. The molecule has 0 amide bonds. The molecule has 1 fully saturated rings. The van der Waals surface area contributed by atoms with Crippen LogP contribution in [0.3, 0.4) is 0 Å². The van der Waals surface area contributed by atoms with Gasteiger partial charge in [-0.1, -0.05) is 0 Å². The Labute approximate surface area is 167 Å². The van der Waals surface area contributed by atoms with Gasteiger partial charge in [-0.15, -0.1) is 10.2 Å². The Morgan fingerprint density at radius 3 is 1.86 bits per heavy atom. The molecule has 0 N–H and O–H groups in total. The molecule has 29 heavy (non-hydrogen) atoms. The predicted octanol–water partition coefficient (Wildman–Crippen LogP) is 2.93. The summed E-state index contributed by atoms with van der Waals surface area (Å²) in [5, 5.41) is 8.42. The summed E-state index contributed by atoms with van der Waals surface area (Å²) >= 11 is 0. The smallest absolute Gasteiger partial charge is 0.243 e. The van der Waals surface area contributed by atoms with E-state index in [0.717, 1.165) is 17.7 Å². The molecule has 4 rings (SSSR count). The minimum absolute atomic E-state index is 0.0794. The summed E-state index contributed by atoms with van der Waals surface area (Å²) < 4.78 is 52.9. The molecule has 9 heteroatoms. The van der Waals surface area contributed by atoms with E-state index in [2.05, 4.69) is 10.2 Å². The second-order valence-electron chi connectivity index (χ2n) is 6.63. The first-order valence-corrected chi connectivity index (χ1v) is 10.5. The maximum atomic E-state index is 13.1. The fraction of sp³-hybridized carbons (Fsp3) is 0.200. The van der Waals surface area contributed by atoms with Crippen molar-refractivity contribution in [3.63, 3.8) is 0 Å². The number of hydrogen-bond donors (Lipinski definition) is 0. The third kappa shape index (κ3) is 4.10. The lowest BCUT2D eigenvalue weighted by atomic mass is 10.1.